The summed E-state index contributed by atoms with van der Waals surface area (Å²) in [5.41, 5.74) is 3.22. The number of para-hydroxylation sites is 2. The van der Waals surface area contributed by atoms with Crippen LogP contribution in [0, 0.1) is 0 Å². The molecule has 0 aliphatic heterocycles. The zero-order chi connectivity index (χ0) is 21.5. The van der Waals surface area contributed by atoms with Crippen LogP contribution < -0.4 is 9.64 Å². The molecule has 0 atom stereocenters. The molecule has 0 saturated carbocycles. The van der Waals surface area contributed by atoms with E-state index in [2.05, 4.69) is 55.1 Å². The number of rotatable bonds is 9. The largest absolute Gasteiger partial charge is 0.493 e. The van der Waals surface area contributed by atoms with Crippen LogP contribution in [0.25, 0.3) is 22.3 Å². The molecule has 3 aromatic carbocycles. The summed E-state index contributed by atoms with van der Waals surface area (Å²) in [7, 11) is 0. The van der Waals surface area contributed by atoms with Crippen molar-refractivity contribution in [3.05, 3.63) is 78.9 Å². The summed E-state index contributed by atoms with van der Waals surface area (Å²) >= 11 is 1.71. The maximum atomic E-state index is 5.84. The molecule has 0 aliphatic rings. The minimum Gasteiger partial charge on any atom is -0.493 e. The summed E-state index contributed by atoms with van der Waals surface area (Å²) in [4.78, 5) is 12.1. The number of hydrogen-bond donors (Lipinski definition) is 0. The Hall–Kier alpha value is -3.05. The van der Waals surface area contributed by atoms with Crippen molar-refractivity contribution in [2.75, 3.05) is 30.3 Å². The van der Waals surface area contributed by atoms with Gasteiger partial charge in [0.2, 0.25) is 0 Å². The van der Waals surface area contributed by atoms with Crippen LogP contribution in [-0.4, -0.2) is 35.4 Å². The maximum absolute atomic E-state index is 5.84. The van der Waals surface area contributed by atoms with Gasteiger partial charge in [-0.25, -0.2) is 9.97 Å². The Morgan fingerprint density at radius 1 is 0.806 bits per heavy atom. The topological polar surface area (TPSA) is 38.2 Å². The lowest BCUT2D eigenvalue weighted by Crippen LogP contribution is -2.21. The van der Waals surface area contributed by atoms with Crippen molar-refractivity contribution in [3.63, 3.8) is 0 Å². The van der Waals surface area contributed by atoms with Crippen LogP contribution in [0.4, 0.5) is 5.69 Å². The third-order valence-corrected chi connectivity index (χ3v) is 6.11. The lowest BCUT2D eigenvalue weighted by Gasteiger charge is -2.21. The van der Waals surface area contributed by atoms with Crippen LogP contribution in [0.5, 0.6) is 5.75 Å². The van der Waals surface area contributed by atoms with Crippen molar-refractivity contribution in [3.8, 4) is 17.1 Å². The molecule has 4 nitrogen and oxygen atoms in total. The van der Waals surface area contributed by atoms with E-state index in [1.165, 1.54) is 5.69 Å². The zero-order valence-corrected chi connectivity index (χ0v) is 18.8. The van der Waals surface area contributed by atoms with Gasteiger partial charge in [-0.15, -0.1) is 11.8 Å². The molecule has 1 heterocycles. The van der Waals surface area contributed by atoms with Crippen molar-refractivity contribution in [1.82, 2.24) is 9.97 Å². The number of ether oxygens (including phenoxy) is 1. The number of hydrogen-bond acceptors (Lipinski definition) is 5. The van der Waals surface area contributed by atoms with Crippen molar-refractivity contribution >= 4 is 28.4 Å². The SMILES string of the molecule is CCN(CC)c1ccc(-c2nc(SCCOc3ccccc3)c3ccccc3n2)cc1. The molecule has 0 unspecified atom stereocenters. The Bertz CT molecular complexity index is 1110. The molecule has 0 N–H and O–H groups in total. The van der Waals surface area contributed by atoms with Gasteiger partial charge in [0.05, 0.1) is 12.1 Å². The highest BCUT2D eigenvalue weighted by Gasteiger charge is 2.11. The van der Waals surface area contributed by atoms with Crippen molar-refractivity contribution in [2.24, 2.45) is 0 Å². The van der Waals surface area contributed by atoms with Gasteiger partial charge in [0.25, 0.3) is 0 Å². The van der Waals surface area contributed by atoms with Crippen molar-refractivity contribution < 1.29 is 4.74 Å². The molecule has 0 saturated heterocycles. The number of anilines is 1. The number of nitrogens with zero attached hydrogens (tertiary/aromatic N) is 3. The molecular formula is C26H27N3OS. The predicted molar refractivity (Wildman–Crippen MR) is 131 cm³/mol. The van der Waals surface area contributed by atoms with E-state index in [4.69, 9.17) is 14.7 Å². The molecule has 0 bridgehead atoms. The van der Waals surface area contributed by atoms with E-state index >= 15 is 0 Å². The Labute approximate surface area is 188 Å². The van der Waals surface area contributed by atoms with Gasteiger partial charge >= 0.3 is 0 Å². The fourth-order valence-corrected chi connectivity index (χ4v) is 4.35. The summed E-state index contributed by atoms with van der Waals surface area (Å²) < 4.78 is 5.84. The Balaban J connectivity index is 1.54. The molecule has 4 aromatic rings. The van der Waals surface area contributed by atoms with E-state index in [9.17, 15) is 0 Å². The van der Waals surface area contributed by atoms with E-state index in [1.54, 1.807) is 11.8 Å². The molecule has 1 aromatic heterocycles. The molecule has 0 radical (unpaired) electrons. The standard InChI is InChI=1S/C26H27N3OS/c1-3-29(4-2)21-16-14-20(15-17-21)25-27-24-13-9-8-12-23(24)26(28-25)31-19-18-30-22-10-6-5-7-11-22/h5-17H,3-4,18-19H2,1-2H3. The summed E-state index contributed by atoms with van der Waals surface area (Å²) in [6.45, 7) is 6.97. The Morgan fingerprint density at radius 2 is 1.52 bits per heavy atom. The fraction of sp³-hybridized carbons (Fsp3) is 0.231. The number of benzene rings is 3. The average Bonchev–Trinajstić information content (AvgIpc) is 2.83. The summed E-state index contributed by atoms with van der Waals surface area (Å²) in [6, 6.07) is 26.7. The molecule has 5 heteroatoms. The fourth-order valence-electron chi connectivity index (χ4n) is 3.51. The van der Waals surface area contributed by atoms with Gasteiger partial charge in [-0.1, -0.05) is 36.4 Å². The van der Waals surface area contributed by atoms with Gasteiger partial charge in [0, 0.05) is 35.5 Å². The van der Waals surface area contributed by atoms with Gasteiger partial charge in [0.15, 0.2) is 5.82 Å². The highest BCUT2D eigenvalue weighted by atomic mass is 32.2. The van der Waals surface area contributed by atoms with E-state index in [0.717, 1.165) is 51.9 Å². The van der Waals surface area contributed by atoms with Gasteiger partial charge in [-0.3, -0.25) is 0 Å². The lowest BCUT2D eigenvalue weighted by atomic mass is 10.1. The third-order valence-electron chi connectivity index (χ3n) is 5.16. The number of thioether (sulfide) groups is 1. The van der Waals surface area contributed by atoms with Gasteiger partial charge in [-0.2, -0.15) is 0 Å². The quantitative estimate of drug-likeness (QED) is 0.177. The first-order valence-corrected chi connectivity index (χ1v) is 11.7. The van der Waals surface area contributed by atoms with Crippen LogP contribution in [0.2, 0.25) is 0 Å². The first-order valence-electron chi connectivity index (χ1n) is 10.7. The third kappa shape index (κ3) is 5.17. The van der Waals surface area contributed by atoms with Crippen LogP contribution >= 0.6 is 11.8 Å². The van der Waals surface area contributed by atoms with E-state index in [-0.39, 0.29) is 0 Å². The molecule has 0 aliphatic carbocycles. The molecule has 0 amide bonds. The first kappa shape index (κ1) is 21.2. The van der Waals surface area contributed by atoms with Crippen LogP contribution in [0.3, 0.4) is 0 Å². The molecule has 31 heavy (non-hydrogen) atoms. The van der Waals surface area contributed by atoms with E-state index in [0.29, 0.717) is 6.61 Å². The number of aromatic nitrogens is 2. The minimum atomic E-state index is 0.626. The monoisotopic (exact) mass is 429 g/mol. The zero-order valence-electron chi connectivity index (χ0n) is 18.0. The van der Waals surface area contributed by atoms with Gasteiger partial charge in [-0.05, 0) is 56.3 Å². The second-order valence-electron chi connectivity index (χ2n) is 7.10. The highest BCUT2D eigenvalue weighted by Crippen LogP contribution is 2.29. The summed E-state index contributed by atoms with van der Waals surface area (Å²) in [6.07, 6.45) is 0. The van der Waals surface area contributed by atoms with Gasteiger partial charge in [0.1, 0.15) is 10.8 Å². The van der Waals surface area contributed by atoms with Crippen LogP contribution in [0.1, 0.15) is 13.8 Å². The molecule has 0 fully saturated rings. The van der Waals surface area contributed by atoms with Crippen LogP contribution in [0.15, 0.2) is 83.9 Å². The first-order chi connectivity index (χ1) is 15.3. The smallest absolute Gasteiger partial charge is 0.161 e. The lowest BCUT2D eigenvalue weighted by molar-refractivity contribution is 0.344. The molecule has 0 spiro atoms. The second-order valence-corrected chi connectivity index (χ2v) is 8.18. The molecule has 158 valence electrons. The normalized spacial score (nSPS) is 10.9. The van der Waals surface area contributed by atoms with E-state index in [1.807, 2.05) is 42.5 Å². The van der Waals surface area contributed by atoms with Gasteiger partial charge < -0.3 is 9.64 Å². The minimum absolute atomic E-state index is 0.626. The predicted octanol–water partition coefficient (Wildman–Crippen LogP) is 6.31. The van der Waals surface area contributed by atoms with Crippen LogP contribution in [-0.2, 0) is 0 Å². The maximum Gasteiger partial charge on any atom is 0.161 e. The summed E-state index contributed by atoms with van der Waals surface area (Å²) in [5.74, 6) is 2.47. The van der Waals surface area contributed by atoms with E-state index < -0.39 is 0 Å². The Morgan fingerprint density at radius 3 is 2.26 bits per heavy atom. The molecular weight excluding hydrogens is 402 g/mol. The van der Waals surface area contributed by atoms with Crippen molar-refractivity contribution in [1.29, 1.82) is 0 Å². The number of fused-ring (bicyclic) bond motifs is 1. The second kappa shape index (κ2) is 10.3. The Kier molecular flexibility index (Phi) is 7.05. The average molecular weight is 430 g/mol. The highest BCUT2D eigenvalue weighted by molar-refractivity contribution is 7.99. The summed E-state index contributed by atoms with van der Waals surface area (Å²) in [5, 5.41) is 2.07. The van der Waals surface area contributed by atoms with Crippen molar-refractivity contribution in [2.45, 2.75) is 18.9 Å². The molecule has 4 rings (SSSR count).